The number of rotatable bonds is 2. The maximum absolute atomic E-state index is 12.3. The zero-order valence-corrected chi connectivity index (χ0v) is 17.6. The second kappa shape index (κ2) is 7.23. The smallest absolute Gasteiger partial charge is 0.409 e. The molecule has 3 amide bonds. The molecule has 1 spiro atoms. The van der Waals surface area contributed by atoms with Crippen LogP contribution in [0.1, 0.15) is 24.5 Å². The van der Waals surface area contributed by atoms with Gasteiger partial charge in [0, 0.05) is 31.1 Å². The lowest BCUT2D eigenvalue weighted by Gasteiger charge is -2.54. The van der Waals surface area contributed by atoms with Crippen LogP contribution in [0.4, 0.5) is 10.5 Å². The summed E-state index contributed by atoms with van der Waals surface area (Å²) in [5.74, 6) is -0.930. The topological polar surface area (TPSA) is 106 Å². The summed E-state index contributed by atoms with van der Waals surface area (Å²) in [6.45, 7) is 2.93. The molecule has 10 heteroatoms. The number of aromatic nitrogens is 2. The van der Waals surface area contributed by atoms with Crippen LogP contribution in [0.25, 0.3) is 10.9 Å². The number of fused-ring (bicyclic) bond motifs is 1. The molecule has 31 heavy (non-hydrogen) atoms. The van der Waals surface area contributed by atoms with Crippen molar-refractivity contribution in [2.75, 3.05) is 44.8 Å². The highest BCUT2D eigenvalue weighted by atomic mass is 16.5. The van der Waals surface area contributed by atoms with E-state index >= 15 is 0 Å². The molecule has 10 nitrogen and oxygen atoms in total. The highest BCUT2D eigenvalue weighted by Crippen LogP contribution is 2.36. The van der Waals surface area contributed by atoms with Crippen molar-refractivity contribution in [2.45, 2.75) is 24.4 Å². The largest absolute Gasteiger partial charge is 0.453 e. The molecule has 0 radical (unpaired) electrons. The number of aryl methyl sites for hydroxylation is 1. The van der Waals surface area contributed by atoms with Crippen LogP contribution in [0.15, 0.2) is 18.2 Å². The van der Waals surface area contributed by atoms with Gasteiger partial charge in [0.2, 0.25) is 11.8 Å². The molecule has 1 N–H and O–H groups in total. The van der Waals surface area contributed by atoms with Gasteiger partial charge in [-0.1, -0.05) is 0 Å². The normalized spacial score (nSPS) is 23.1. The summed E-state index contributed by atoms with van der Waals surface area (Å²) in [5, 5.41) is 7.93. The zero-order chi connectivity index (χ0) is 21.8. The van der Waals surface area contributed by atoms with E-state index in [9.17, 15) is 14.4 Å². The number of hydrogen-bond acceptors (Lipinski definition) is 7. The van der Waals surface area contributed by atoms with Crippen molar-refractivity contribution in [3.8, 4) is 0 Å². The quantitative estimate of drug-likeness (QED) is 0.705. The van der Waals surface area contributed by atoms with Gasteiger partial charge in [-0.25, -0.2) is 4.79 Å². The summed E-state index contributed by atoms with van der Waals surface area (Å²) in [7, 11) is 3.25. The van der Waals surface area contributed by atoms with Crippen molar-refractivity contribution in [2.24, 2.45) is 7.05 Å². The molecular weight excluding hydrogens is 402 g/mol. The number of carbonyl (C=O) groups excluding carboxylic acids is 3. The number of methoxy groups -OCH3 is 1. The van der Waals surface area contributed by atoms with Crippen LogP contribution in [0, 0.1) is 0 Å². The molecule has 3 aliphatic rings. The summed E-state index contributed by atoms with van der Waals surface area (Å²) in [6.07, 6.45) is 0.477. The Balaban J connectivity index is 1.35. The second-order valence-corrected chi connectivity index (χ2v) is 8.49. The first-order valence-corrected chi connectivity index (χ1v) is 10.4. The first-order chi connectivity index (χ1) is 14.9. The number of hydrogen-bond donors (Lipinski definition) is 1. The number of anilines is 1. The highest BCUT2D eigenvalue weighted by Gasteiger charge is 2.48. The van der Waals surface area contributed by atoms with E-state index in [0.717, 1.165) is 16.6 Å². The van der Waals surface area contributed by atoms with Crippen molar-refractivity contribution in [3.05, 3.63) is 23.9 Å². The number of imide groups is 1. The number of piperidine rings is 1. The summed E-state index contributed by atoms with van der Waals surface area (Å²) in [6, 6.07) is 6.07. The number of carbonyl (C=O) groups is 3. The Morgan fingerprint density at radius 3 is 2.84 bits per heavy atom. The number of nitrogens with one attached hydrogen (secondary N) is 1. The Morgan fingerprint density at radius 2 is 2.10 bits per heavy atom. The fourth-order valence-corrected chi connectivity index (χ4v) is 4.84. The number of benzene rings is 1. The van der Waals surface area contributed by atoms with E-state index in [0.29, 0.717) is 51.3 Å². The van der Waals surface area contributed by atoms with Gasteiger partial charge in [-0.3, -0.25) is 19.6 Å². The predicted molar refractivity (Wildman–Crippen MR) is 111 cm³/mol. The molecule has 1 unspecified atom stereocenters. The minimum absolute atomic E-state index is 0.230. The molecule has 0 bridgehead atoms. The van der Waals surface area contributed by atoms with Crippen molar-refractivity contribution in [1.29, 1.82) is 0 Å². The van der Waals surface area contributed by atoms with E-state index in [2.05, 4.69) is 21.4 Å². The molecule has 0 saturated carbocycles. The first-order valence-electron chi connectivity index (χ1n) is 10.4. The van der Waals surface area contributed by atoms with E-state index in [1.807, 2.05) is 19.2 Å². The lowest BCUT2D eigenvalue weighted by atomic mass is 9.90. The first kappa shape index (κ1) is 19.8. The molecule has 3 fully saturated rings. The number of nitrogens with zero attached hydrogens (tertiary/aromatic N) is 4. The summed E-state index contributed by atoms with van der Waals surface area (Å²) >= 11 is 0. The minimum atomic E-state index is -0.417. The van der Waals surface area contributed by atoms with Crippen molar-refractivity contribution in [1.82, 2.24) is 20.0 Å². The fraction of sp³-hybridized carbons (Fsp3) is 0.524. The lowest BCUT2D eigenvalue weighted by molar-refractivity contribution is -0.134. The maximum atomic E-state index is 12.3. The molecule has 4 heterocycles. The van der Waals surface area contributed by atoms with Crippen LogP contribution in [0.5, 0.6) is 0 Å². The van der Waals surface area contributed by atoms with Gasteiger partial charge in [-0.05, 0) is 24.6 Å². The molecule has 5 rings (SSSR count). The Bertz CT molecular complexity index is 1070. The van der Waals surface area contributed by atoms with Crippen LogP contribution in [-0.4, -0.2) is 78.1 Å². The van der Waals surface area contributed by atoms with Gasteiger partial charge in [-0.15, -0.1) is 0 Å². The molecular formula is C21H25N5O5. The van der Waals surface area contributed by atoms with E-state index in [-0.39, 0.29) is 23.5 Å². The third-order valence-corrected chi connectivity index (χ3v) is 6.44. The van der Waals surface area contributed by atoms with Crippen LogP contribution in [-0.2, 0) is 26.1 Å². The van der Waals surface area contributed by atoms with E-state index in [1.54, 1.807) is 9.58 Å². The summed E-state index contributed by atoms with van der Waals surface area (Å²) in [5.41, 5.74) is 2.30. The van der Waals surface area contributed by atoms with Crippen molar-refractivity contribution >= 4 is 34.5 Å². The average molecular weight is 427 g/mol. The molecule has 3 aliphatic heterocycles. The standard InChI is InChI=1S/C21H25N5O5/c1-24-16-9-13(26-11-21(12-26)10-25(7-8-31-21)20(29)30-2)3-4-14(16)18(23-24)15-5-6-17(27)22-19(15)28/h3-4,9,15H,5-8,10-12H2,1-2H3,(H,22,27,28). The van der Waals surface area contributed by atoms with Gasteiger partial charge < -0.3 is 19.3 Å². The number of morpholine rings is 1. The Morgan fingerprint density at radius 1 is 1.29 bits per heavy atom. The van der Waals surface area contributed by atoms with Crippen LogP contribution in [0.3, 0.4) is 0 Å². The molecule has 1 atom stereocenters. The molecule has 2 aromatic rings. The summed E-state index contributed by atoms with van der Waals surface area (Å²) < 4.78 is 12.6. The van der Waals surface area contributed by atoms with Crippen LogP contribution >= 0.6 is 0 Å². The molecule has 1 aromatic heterocycles. The maximum Gasteiger partial charge on any atom is 0.409 e. The second-order valence-electron chi connectivity index (χ2n) is 8.49. The molecule has 0 aliphatic carbocycles. The van der Waals surface area contributed by atoms with E-state index in [4.69, 9.17) is 9.47 Å². The zero-order valence-electron chi connectivity index (χ0n) is 17.6. The number of ether oxygens (including phenoxy) is 2. The Hall–Kier alpha value is -3.14. The van der Waals surface area contributed by atoms with Gasteiger partial charge >= 0.3 is 6.09 Å². The third-order valence-electron chi connectivity index (χ3n) is 6.44. The van der Waals surface area contributed by atoms with Gasteiger partial charge in [0.05, 0.1) is 50.5 Å². The summed E-state index contributed by atoms with van der Waals surface area (Å²) in [4.78, 5) is 39.6. The highest BCUT2D eigenvalue weighted by molar-refractivity contribution is 6.02. The Labute approximate surface area is 179 Å². The van der Waals surface area contributed by atoms with Crippen LogP contribution < -0.4 is 10.2 Å². The van der Waals surface area contributed by atoms with Crippen molar-refractivity contribution < 1.29 is 23.9 Å². The van der Waals surface area contributed by atoms with Crippen LogP contribution in [0.2, 0.25) is 0 Å². The van der Waals surface area contributed by atoms with Crippen molar-refractivity contribution in [3.63, 3.8) is 0 Å². The SMILES string of the molecule is COC(=O)N1CCOC2(C1)CN(c1ccc3c(C4CCC(=O)NC4=O)nn(C)c3c1)C2. The van der Waals surface area contributed by atoms with E-state index in [1.165, 1.54) is 7.11 Å². The third kappa shape index (κ3) is 3.31. The molecule has 3 saturated heterocycles. The minimum Gasteiger partial charge on any atom is -0.453 e. The average Bonchev–Trinajstić information content (AvgIpc) is 3.07. The van der Waals surface area contributed by atoms with Gasteiger partial charge in [-0.2, -0.15) is 5.10 Å². The van der Waals surface area contributed by atoms with Gasteiger partial charge in [0.25, 0.3) is 0 Å². The van der Waals surface area contributed by atoms with E-state index < -0.39 is 5.92 Å². The van der Waals surface area contributed by atoms with Gasteiger partial charge in [0.1, 0.15) is 5.60 Å². The molecule has 1 aromatic carbocycles. The van der Waals surface area contributed by atoms with Gasteiger partial charge in [0.15, 0.2) is 0 Å². The monoisotopic (exact) mass is 427 g/mol. The molecule has 164 valence electrons. The number of amides is 3. The fourth-order valence-electron chi connectivity index (χ4n) is 4.84. The lowest BCUT2D eigenvalue weighted by Crippen LogP contribution is -2.70. The Kier molecular flexibility index (Phi) is 4.62. The predicted octanol–water partition coefficient (Wildman–Crippen LogP) is 0.751.